The smallest absolute Gasteiger partial charge is 0.257 e. The number of aryl methyl sites for hydroxylation is 1. The van der Waals surface area contributed by atoms with E-state index in [0.29, 0.717) is 122 Å². The second-order valence-corrected chi connectivity index (χ2v) is 33.3. The van der Waals surface area contributed by atoms with Crippen LogP contribution < -0.4 is 43.0 Å². The van der Waals surface area contributed by atoms with Gasteiger partial charge in [0.15, 0.2) is 0 Å². The zero-order chi connectivity index (χ0) is 99.2. The Bertz CT molecular complexity index is 6970. The molecule has 0 spiro atoms. The number of primary amides is 1. The molecule has 28 nitrogen and oxygen atoms in total. The lowest BCUT2D eigenvalue weighted by Crippen LogP contribution is -2.26. The van der Waals surface area contributed by atoms with E-state index in [2.05, 4.69) is 77.7 Å². The topological polar surface area (TPSA) is 395 Å². The van der Waals surface area contributed by atoms with Crippen LogP contribution in [0, 0.1) is 6.92 Å². The van der Waals surface area contributed by atoms with Crippen LogP contribution in [-0.4, -0.2) is 142 Å². The Morgan fingerprint density at radius 3 is 0.942 bits per heavy atom. The number of tetrazole rings is 1. The van der Waals surface area contributed by atoms with Gasteiger partial charge < -0.3 is 53.0 Å². The molecule has 0 bridgehead atoms. The predicted molar refractivity (Wildman–Crippen MR) is 546 cm³/mol. The number of nitrogens with one attached hydrogen (secondary N) is 7. The summed E-state index contributed by atoms with van der Waals surface area (Å²) < 4.78 is 1.51. The first-order valence-corrected chi connectivity index (χ1v) is 45.2. The molecule has 10 N–H and O–H groups in total. The van der Waals surface area contributed by atoms with E-state index >= 15 is 0 Å². The van der Waals surface area contributed by atoms with Gasteiger partial charge in [0.2, 0.25) is 5.91 Å². The van der Waals surface area contributed by atoms with Crippen LogP contribution in [0.4, 0.5) is 28.4 Å². The molecular weight excluding hydrogens is 1930 g/mol. The first-order valence-electron chi connectivity index (χ1n) is 42.1. The molecule has 0 radical (unpaired) electrons. The van der Waals surface area contributed by atoms with Crippen LogP contribution in [0.2, 0.25) is 40.2 Å². The van der Waals surface area contributed by atoms with Crippen molar-refractivity contribution < 1.29 is 48.3 Å². The maximum atomic E-state index is 12.7. The molecule has 139 heavy (non-hydrogen) atoms. The van der Waals surface area contributed by atoms with E-state index in [1.165, 1.54) is 64.4 Å². The van der Waals surface area contributed by atoms with Crippen LogP contribution in [0.3, 0.4) is 0 Å². The van der Waals surface area contributed by atoms with E-state index in [1.807, 2.05) is 92.7 Å². The van der Waals surface area contributed by atoms with Crippen molar-refractivity contribution in [3.05, 3.63) is 412 Å². The van der Waals surface area contributed by atoms with Gasteiger partial charge in [-0.15, -0.1) is 5.10 Å². The van der Waals surface area contributed by atoms with Crippen LogP contribution in [0.25, 0.3) is 62.0 Å². The number of carbonyl (C=O) groups is 9. The Hall–Kier alpha value is -15.5. The highest BCUT2D eigenvalue weighted by molar-refractivity contribution is 6.38. The SMILES string of the molecule is CCCNC(=O)c1ccc(C(=O)Nc2ccc(Cl)c(-c3ccccn3)c2)c(Cl)c1.Cc1cc(C(=O)N(C)C)ccc1C(=O)Nc1ccc(Cl)c(-c2ccccn2)c1.NC(=O)c1ccc(C(=O)Nc2ccc(Cl)c(-c3ccccn3)c2)c(Cl)c1.O=C(NCCO)c1ccc(C(=O)Nc2ccc(Cl)c(-c3ccccn3)c2)c(Cl)c1.O=C(Nc1ccc(Cl)c(-c2ccccn2)c1)c1ccc(-n2cnnn2)cc1. The minimum atomic E-state index is -0.614. The van der Waals surface area contributed by atoms with E-state index in [9.17, 15) is 43.2 Å². The van der Waals surface area contributed by atoms with Crippen molar-refractivity contribution in [2.75, 3.05) is 60.4 Å². The lowest BCUT2D eigenvalue weighted by Gasteiger charge is -2.13. The van der Waals surface area contributed by atoms with Crippen LogP contribution in [-0.2, 0) is 0 Å². The highest BCUT2D eigenvalue weighted by Gasteiger charge is 2.23. The van der Waals surface area contributed by atoms with Crippen LogP contribution >= 0.6 is 92.8 Å². The molecule has 16 rings (SSSR count). The number of nitrogens with two attached hydrogens (primary N) is 1. The van der Waals surface area contributed by atoms with Gasteiger partial charge in [-0.05, 0) is 278 Å². The van der Waals surface area contributed by atoms with Crippen molar-refractivity contribution in [3.8, 4) is 62.0 Å². The molecule has 16 aromatic rings. The highest BCUT2D eigenvalue weighted by Crippen LogP contribution is 2.37. The van der Waals surface area contributed by atoms with E-state index in [1.54, 1.807) is 197 Å². The quantitative estimate of drug-likeness (QED) is 0.0271. The van der Waals surface area contributed by atoms with Crippen molar-refractivity contribution in [1.29, 1.82) is 0 Å². The molecule has 0 fully saturated rings. The number of halogens is 8. The largest absolute Gasteiger partial charge is 0.395 e. The van der Waals surface area contributed by atoms with E-state index in [0.717, 1.165) is 40.2 Å². The number of aliphatic hydroxyl groups excluding tert-OH is 1. The fourth-order valence-corrected chi connectivity index (χ4v) is 15.0. The van der Waals surface area contributed by atoms with Gasteiger partial charge >= 0.3 is 0 Å². The number of hydrogen-bond donors (Lipinski definition) is 9. The second kappa shape index (κ2) is 49.9. The third-order valence-electron chi connectivity index (χ3n) is 20.1. The molecule has 0 unspecified atom stereocenters. The summed E-state index contributed by atoms with van der Waals surface area (Å²) in [7, 11) is 3.38. The summed E-state index contributed by atoms with van der Waals surface area (Å²) in [6.45, 7) is 4.32. The van der Waals surface area contributed by atoms with E-state index in [4.69, 9.17) is 104 Å². The molecule has 0 saturated carbocycles. The molecule has 0 aliphatic heterocycles. The lowest BCUT2D eigenvalue weighted by atomic mass is 10.0. The molecule has 36 heteroatoms. The van der Waals surface area contributed by atoms with Crippen molar-refractivity contribution >= 4 is 174 Å². The minimum absolute atomic E-state index is 0.104. The molecule has 9 amide bonds. The number of amides is 9. The molecule has 0 aliphatic carbocycles. The average molecular weight is 2020 g/mol. The maximum Gasteiger partial charge on any atom is 0.257 e. The van der Waals surface area contributed by atoms with Gasteiger partial charge in [-0.1, -0.05) is 130 Å². The summed E-state index contributed by atoms with van der Waals surface area (Å²) in [5, 5.41) is 42.3. The number of pyridine rings is 5. The van der Waals surface area contributed by atoms with Gasteiger partial charge in [0.05, 0.1) is 97.6 Å². The Morgan fingerprint density at radius 1 is 0.338 bits per heavy atom. The first-order chi connectivity index (χ1) is 67.0. The number of nitrogens with zero attached hydrogens (tertiary/aromatic N) is 10. The summed E-state index contributed by atoms with van der Waals surface area (Å²) in [5.74, 6) is -3.03. The Balaban J connectivity index is 0.000000156. The number of aromatic nitrogens is 9. The summed E-state index contributed by atoms with van der Waals surface area (Å²) in [6, 6.07) is 78.8. The number of carbonyl (C=O) groups excluding carboxylic acids is 9. The zero-order valence-corrected chi connectivity index (χ0v) is 80.1. The summed E-state index contributed by atoms with van der Waals surface area (Å²) in [6.07, 6.45) is 10.7. The molecule has 700 valence electrons. The minimum Gasteiger partial charge on any atom is -0.395 e. The third-order valence-corrected chi connectivity index (χ3v) is 22.7. The van der Waals surface area contributed by atoms with Crippen LogP contribution in [0.15, 0.2) is 316 Å². The van der Waals surface area contributed by atoms with Crippen molar-refractivity contribution in [1.82, 2.24) is 60.7 Å². The fourth-order valence-electron chi connectivity index (χ4n) is 13.1. The van der Waals surface area contributed by atoms with Crippen molar-refractivity contribution in [3.63, 3.8) is 0 Å². The Morgan fingerprint density at radius 2 is 0.647 bits per heavy atom. The summed E-state index contributed by atoms with van der Waals surface area (Å²) in [4.78, 5) is 133. The van der Waals surface area contributed by atoms with Gasteiger partial charge in [-0.25, -0.2) is 4.68 Å². The Kier molecular flexibility index (Phi) is 36.8. The molecular formula is C103H82Cl8N18O10. The zero-order valence-electron chi connectivity index (χ0n) is 74.0. The third kappa shape index (κ3) is 28.4. The van der Waals surface area contributed by atoms with Gasteiger partial charge in [-0.3, -0.25) is 68.1 Å². The monoisotopic (exact) mass is 2010 g/mol. The van der Waals surface area contributed by atoms with Gasteiger partial charge in [-0.2, -0.15) is 0 Å². The highest BCUT2D eigenvalue weighted by atomic mass is 35.5. The normalized spacial score (nSPS) is 10.5. The molecule has 6 heterocycles. The van der Waals surface area contributed by atoms with Gasteiger partial charge in [0, 0.05) is 148 Å². The standard InChI is InChI=1S/C22H19Cl2N3O2.C22H20ClN3O2.C21H17Cl2N3O3.C19H13Cl2N3O2.C19H13ClN6O/c1-2-10-26-21(28)14-6-8-16(19(24)12-14)22(29)27-15-7-9-18(23)17(13-15)20-5-3-4-11-25-20;1-14-12-15(22(28)26(2)3)7-9-17(14)21(27)25-16-8-10-19(23)18(13-16)20-6-4-5-11-24-20;22-17-7-5-14(12-16(17)19-3-1-2-8-24-19)26-21(29)15-6-4-13(11-18(15)23)20(28)25-9-10-27;20-15-7-5-12(10-14(15)17-3-1-2-8-23-17)24-19(26)13-6-4-11(18(22)25)9-16(13)21;20-17-9-6-14(11-16(17)18-3-1-2-10-21-18)23-19(27)13-4-7-15(8-5-13)26-12-22-24-25-26/h3-9,11-13H,2,10H2,1H3,(H,26,28)(H,27,29);4-13H,1-3H3,(H,25,27);1-8,11-12,27H,9-10H2,(H,25,28)(H,26,29);1-10H,(H2,22,25)(H,24,26);1-12H,(H,23,27). The number of anilines is 5. The summed E-state index contributed by atoms with van der Waals surface area (Å²) in [5.41, 5.74) is 19.9. The number of benzene rings is 10. The predicted octanol–water partition coefficient (Wildman–Crippen LogP) is 22.2. The van der Waals surface area contributed by atoms with Crippen molar-refractivity contribution in [2.45, 2.75) is 20.3 Å². The fraction of sp³-hybridized carbons (Fsp3) is 0.0777. The lowest BCUT2D eigenvalue weighted by molar-refractivity contribution is 0.0825. The Labute approximate surface area is 837 Å². The molecule has 6 aromatic heterocycles. The second-order valence-electron chi connectivity index (χ2n) is 30.0. The molecule has 0 aliphatic rings. The number of rotatable bonds is 24. The molecule has 10 aromatic carbocycles. The van der Waals surface area contributed by atoms with Crippen LogP contribution in [0.1, 0.15) is 112 Å². The molecule has 0 atom stereocenters. The van der Waals surface area contributed by atoms with Gasteiger partial charge in [0.1, 0.15) is 6.33 Å². The van der Waals surface area contributed by atoms with Gasteiger partial charge in [0.25, 0.3) is 47.3 Å². The van der Waals surface area contributed by atoms with E-state index < -0.39 is 17.7 Å². The average Bonchev–Trinajstić information content (AvgIpc) is 0.919. The maximum absolute atomic E-state index is 12.7. The first kappa shape index (κ1) is 102. The number of aliphatic hydroxyl groups is 1. The summed E-state index contributed by atoms with van der Waals surface area (Å²) >= 11 is 49.9. The molecule has 0 saturated heterocycles. The number of hydrogen-bond acceptors (Lipinski definition) is 18. The van der Waals surface area contributed by atoms with Crippen molar-refractivity contribution in [2.24, 2.45) is 5.73 Å². The van der Waals surface area contributed by atoms with Crippen LogP contribution in [0.5, 0.6) is 0 Å². The van der Waals surface area contributed by atoms with E-state index in [-0.39, 0.29) is 85.9 Å².